The van der Waals surface area contributed by atoms with E-state index < -0.39 is 24.3 Å². The van der Waals surface area contributed by atoms with E-state index >= 15 is 0 Å². The lowest BCUT2D eigenvalue weighted by Gasteiger charge is -2.32. The van der Waals surface area contributed by atoms with Gasteiger partial charge in [0.25, 0.3) is 0 Å². The highest BCUT2D eigenvalue weighted by Gasteiger charge is 2.51. The number of nitriles is 1. The fourth-order valence-corrected chi connectivity index (χ4v) is 1.95. The molecule has 1 N–H and O–H groups in total. The Morgan fingerprint density at radius 2 is 1.75 bits per heavy atom. The van der Waals surface area contributed by atoms with E-state index in [9.17, 15) is 4.79 Å². The van der Waals surface area contributed by atoms with Crippen molar-refractivity contribution in [3.05, 3.63) is 29.3 Å². The molecule has 0 atom stereocenters. The zero-order chi connectivity index (χ0) is 15.1. The van der Waals surface area contributed by atoms with Crippen LogP contribution in [0.15, 0.2) is 18.2 Å². The van der Waals surface area contributed by atoms with Gasteiger partial charge in [0.1, 0.15) is 0 Å². The van der Waals surface area contributed by atoms with Gasteiger partial charge in [-0.05, 0) is 51.4 Å². The van der Waals surface area contributed by atoms with Gasteiger partial charge in [-0.25, -0.2) is 4.79 Å². The third kappa shape index (κ3) is 2.42. The Labute approximate surface area is 118 Å². The summed E-state index contributed by atoms with van der Waals surface area (Å²) in [4.78, 5) is 11.1. The first-order valence-electron chi connectivity index (χ1n) is 6.30. The second-order valence-electron chi connectivity index (χ2n) is 5.85. The SMILES string of the molecule is CC1(C)OB(c2cc(C#N)cc(C(=O)O)c2)OC1(C)C. The van der Waals surface area contributed by atoms with E-state index in [2.05, 4.69) is 0 Å². The molecule has 104 valence electrons. The second kappa shape index (κ2) is 4.62. The molecule has 0 bridgehead atoms. The van der Waals surface area contributed by atoms with Crippen LogP contribution in [0.1, 0.15) is 43.6 Å². The summed E-state index contributed by atoms with van der Waals surface area (Å²) in [7, 11) is -0.675. The predicted molar refractivity (Wildman–Crippen MR) is 73.8 cm³/mol. The minimum atomic E-state index is -1.08. The van der Waals surface area contributed by atoms with Crippen LogP contribution in [0, 0.1) is 11.3 Å². The number of carboxylic acid groups (broad SMARTS) is 1. The largest absolute Gasteiger partial charge is 0.494 e. The lowest BCUT2D eigenvalue weighted by atomic mass is 9.77. The molecule has 0 amide bonds. The van der Waals surface area contributed by atoms with Crippen LogP contribution in [0.3, 0.4) is 0 Å². The van der Waals surface area contributed by atoms with Crippen molar-refractivity contribution in [2.45, 2.75) is 38.9 Å². The number of benzene rings is 1. The van der Waals surface area contributed by atoms with E-state index in [0.717, 1.165) is 0 Å². The molecule has 1 aliphatic heterocycles. The summed E-state index contributed by atoms with van der Waals surface area (Å²) < 4.78 is 11.7. The lowest BCUT2D eigenvalue weighted by Crippen LogP contribution is -2.41. The molecular formula is C14H16BNO4. The zero-order valence-corrected chi connectivity index (χ0v) is 11.9. The highest BCUT2D eigenvalue weighted by molar-refractivity contribution is 6.62. The van der Waals surface area contributed by atoms with E-state index in [1.807, 2.05) is 33.8 Å². The van der Waals surface area contributed by atoms with Gasteiger partial charge >= 0.3 is 13.1 Å². The van der Waals surface area contributed by atoms with Crippen molar-refractivity contribution in [3.8, 4) is 6.07 Å². The van der Waals surface area contributed by atoms with Crippen molar-refractivity contribution in [1.29, 1.82) is 5.26 Å². The predicted octanol–water partition coefficient (Wildman–Crippen LogP) is 1.56. The molecule has 1 aromatic rings. The summed E-state index contributed by atoms with van der Waals surface area (Å²) in [6.45, 7) is 7.66. The fourth-order valence-electron chi connectivity index (χ4n) is 1.95. The lowest BCUT2D eigenvalue weighted by molar-refractivity contribution is 0.00578. The second-order valence-corrected chi connectivity index (χ2v) is 5.85. The Morgan fingerprint density at radius 1 is 1.20 bits per heavy atom. The zero-order valence-electron chi connectivity index (χ0n) is 11.9. The molecule has 2 rings (SSSR count). The minimum Gasteiger partial charge on any atom is -0.478 e. The molecule has 0 radical (unpaired) electrons. The van der Waals surface area contributed by atoms with Gasteiger partial charge in [0.2, 0.25) is 0 Å². The molecule has 0 aromatic heterocycles. The van der Waals surface area contributed by atoms with Gasteiger partial charge in [-0.1, -0.05) is 0 Å². The van der Waals surface area contributed by atoms with Crippen molar-refractivity contribution >= 4 is 18.6 Å². The maximum Gasteiger partial charge on any atom is 0.494 e. The van der Waals surface area contributed by atoms with Crippen LogP contribution in [0.25, 0.3) is 0 Å². The van der Waals surface area contributed by atoms with Crippen molar-refractivity contribution < 1.29 is 19.2 Å². The molecule has 1 aromatic carbocycles. The maximum absolute atomic E-state index is 11.1. The molecule has 0 unspecified atom stereocenters. The topological polar surface area (TPSA) is 79.5 Å². The summed E-state index contributed by atoms with van der Waals surface area (Å²) in [6, 6.07) is 6.35. The number of carbonyl (C=O) groups is 1. The first-order chi connectivity index (χ1) is 9.16. The Morgan fingerprint density at radius 3 is 2.20 bits per heavy atom. The van der Waals surface area contributed by atoms with E-state index in [4.69, 9.17) is 19.7 Å². The Balaban J connectivity index is 2.43. The summed E-state index contributed by atoms with van der Waals surface area (Å²) in [6.07, 6.45) is 0. The summed E-state index contributed by atoms with van der Waals surface area (Å²) in [5.41, 5.74) is -0.156. The fraction of sp³-hybridized carbons (Fsp3) is 0.429. The standard InChI is InChI=1S/C14H16BNO4/c1-13(2)14(3,4)20-15(19-13)11-6-9(8-16)5-10(7-11)12(17)18/h5-7H,1-4H3,(H,17,18). The van der Waals surface area contributed by atoms with Gasteiger partial charge in [0.05, 0.1) is 28.4 Å². The normalized spacial score (nSPS) is 19.6. The molecule has 0 aliphatic carbocycles. The molecule has 1 fully saturated rings. The first kappa shape index (κ1) is 14.6. The van der Waals surface area contributed by atoms with Crippen molar-refractivity contribution in [2.24, 2.45) is 0 Å². The molecule has 1 saturated heterocycles. The minimum absolute atomic E-state index is 0.0498. The van der Waals surface area contributed by atoms with Gasteiger partial charge in [0.15, 0.2) is 0 Å². The van der Waals surface area contributed by atoms with Crippen LogP contribution in [0.2, 0.25) is 0 Å². The Hall–Kier alpha value is -1.84. The Kier molecular flexibility index (Phi) is 3.36. The molecule has 1 heterocycles. The first-order valence-corrected chi connectivity index (χ1v) is 6.30. The highest BCUT2D eigenvalue weighted by Crippen LogP contribution is 2.36. The van der Waals surface area contributed by atoms with Gasteiger partial charge in [0, 0.05) is 0 Å². The molecule has 1 aliphatic rings. The number of hydrogen-bond acceptors (Lipinski definition) is 4. The van der Waals surface area contributed by atoms with Crippen LogP contribution >= 0.6 is 0 Å². The van der Waals surface area contributed by atoms with Crippen molar-refractivity contribution in [3.63, 3.8) is 0 Å². The third-order valence-electron chi connectivity index (χ3n) is 3.86. The van der Waals surface area contributed by atoms with E-state index in [1.165, 1.54) is 12.1 Å². The van der Waals surface area contributed by atoms with Crippen molar-refractivity contribution in [1.82, 2.24) is 0 Å². The summed E-state index contributed by atoms with van der Waals surface area (Å²) >= 11 is 0. The van der Waals surface area contributed by atoms with Gasteiger partial charge in [-0.2, -0.15) is 5.26 Å². The molecule has 0 saturated carbocycles. The van der Waals surface area contributed by atoms with Gasteiger partial charge < -0.3 is 14.4 Å². The summed E-state index contributed by atoms with van der Waals surface area (Å²) in [5, 5.41) is 18.1. The number of aromatic carboxylic acids is 1. The number of carboxylic acids is 1. The van der Waals surface area contributed by atoms with Crippen LogP contribution in [-0.2, 0) is 9.31 Å². The highest BCUT2D eigenvalue weighted by atomic mass is 16.7. The summed E-state index contributed by atoms with van der Waals surface area (Å²) in [5.74, 6) is -1.08. The van der Waals surface area contributed by atoms with Crippen LogP contribution < -0.4 is 5.46 Å². The quantitative estimate of drug-likeness (QED) is 0.827. The Bertz CT molecular complexity index is 588. The van der Waals surface area contributed by atoms with Gasteiger partial charge in [-0.3, -0.25) is 0 Å². The van der Waals surface area contributed by atoms with E-state index in [0.29, 0.717) is 5.46 Å². The number of nitrogens with zero attached hydrogens (tertiary/aromatic N) is 1. The number of rotatable bonds is 2. The molecule has 0 spiro atoms. The maximum atomic E-state index is 11.1. The van der Waals surface area contributed by atoms with Crippen LogP contribution in [-0.4, -0.2) is 29.4 Å². The average molecular weight is 273 g/mol. The van der Waals surface area contributed by atoms with Crippen LogP contribution in [0.5, 0.6) is 0 Å². The smallest absolute Gasteiger partial charge is 0.478 e. The molecule has 20 heavy (non-hydrogen) atoms. The van der Waals surface area contributed by atoms with E-state index in [1.54, 1.807) is 6.07 Å². The van der Waals surface area contributed by atoms with E-state index in [-0.39, 0.29) is 11.1 Å². The van der Waals surface area contributed by atoms with Gasteiger partial charge in [-0.15, -0.1) is 0 Å². The van der Waals surface area contributed by atoms with Crippen LogP contribution in [0.4, 0.5) is 0 Å². The molecule has 5 nitrogen and oxygen atoms in total. The molecule has 6 heteroatoms. The third-order valence-corrected chi connectivity index (χ3v) is 3.86. The van der Waals surface area contributed by atoms with Crippen molar-refractivity contribution in [2.75, 3.05) is 0 Å². The average Bonchev–Trinajstić information content (AvgIpc) is 2.58. The monoisotopic (exact) mass is 273 g/mol. The number of hydrogen-bond donors (Lipinski definition) is 1. The molecular weight excluding hydrogens is 257 g/mol.